The van der Waals surface area contributed by atoms with E-state index in [1.807, 2.05) is 11.1 Å². The minimum absolute atomic E-state index is 0.0228. The Morgan fingerprint density at radius 3 is 2.74 bits per heavy atom. The molecule has 1 amide bonds. The van der Waals surface area contributed by atoms with E-state index >= 15 is 0 Å². The van der Waals surface area contributed by atoms with Crippen LogP contribution in [0.4, 0.5) is 0 Å². The quantitative estimate of drug-likeness (QED) is 0.798. The van der Waals surface area contributed by atoms with Crippen molar-refractivity contribution >= 4 is 5.91 Å². The van der Waals surface area contributed by atoms with Crippen LogP contribution < -0.4 is 0 Å². The number of likely N-dealkylation sites (tertiary alicyclic amines) is 1. The van der Waals surface area contributed by atoms with Crippen molar-refractivity contribution in [1.82, 2.24) is 19.9 Å². The Labute approximate surface area is 112 Å². The standard InChI is InChI=1S/C13H20N4O2/c1-2-13(9-19-10-13)11-7-17(15-14-11)8-12(18)16-5-3-4-6-16/h7H,2-6,8-10H2,1H3. The summed E-state index contributed by atoms with van der Waals surface area (Å²) in [7, 11) is 0. The fourth-order valence-corrected chi connectivity index (χ4v) is 2.71. The SMILES string of the molecule is CCC1(c2cn(CC(=O)N3CCCC3)nn2)COC1. The van der Waals surface area contributed by atoms with Gasteiger partial charge in [0.05, 0.1) is 24.3 Å². The topological polar surface area (TPSA) is 60.2 Å². The maximum Gasteiger partial charge on any atom is 0.244 e. The molecule has 2 saturated heterocycles. The third-order valence-electron chi connectivity index (χ3n) is 4.27. The number of nitrogens with zero attached hydrogens (tertiary/aromatic N) is 4. The normalized spacial score (nSPS) is 21.4. The van der Waals surface area contributed by atoms with Gasteiger partial charge in [-0.15, -0.1) is 5.10 Å². The van der Waals surface area contributed by atoms with Crippen LogP contribution in [0.25, 0.3) is 0 Å². The summed E-state index contributed by atoms with van der Waals surface area (Å²) in [4.78, 5) is 13.9. The Balaban J connectivity index is 1.66. The van der Waals surface area contributed by atoms with Gasteiger partial charge in [0.25, 0.3) is 0 Å². The Hall–Kier alpha value is -1.43. The van der Waals surface area contributed by atoms with Crippen molar-refractivity contribution in [2.24, 2.45) is 0 Å². The van der Waals surface area contributed by atoms with E-state index in [1.165, 1.54) is 0 Å². The molecule has 3 heterocycles. The average molecular weight is 264 g/mol. The molecule has 104 valence electrons. The molecular formula is C13H20N4O2. The molecule has 0 atom stereocenters. The van der Waals surface area contributed by atoms with Gasteiger partial charge in [0.1, 0.15) is 6.54 Å². The lowest BCUT2D eigenvalue weighted by Gasteiger charge is -2.38. The minimum atomic E-state index is 0.0228. The van der Waals surface area contributed by atoms with Crippen molar-refractivity contribution in [1.29, 1.82) is 0 Å². The molecule has 3 rings (SSSR count). The van der Waals surface area contributed by atoms with E-state index in [-0.39, 0.29) is 11.3 Å². The van der Waals surface area contributed by atoms with Crippen LogP contribution in [0.15, 0.2) is 6.20 Å². The summed E-state index contributed by atoms with van der Waals surface area (Å²) in [6, 6.07) is 0. The highest BCUT2D eigenvalue weighted by atomic mass is 16.5. The Morgan fingerprint density at radius 1 is 1.42 bits per heavy atom. The van der Waals surface area contributed by atoms with Crippen LogP contribution in [0, 0.1) is 0 Å². The predicted octanol–water partition coefficient (Wildman–Crippen LogP) is 0.578. The van der Waals surface area contributed by atoms with Gasteiger partial charge < -0.3 is 9.64 Å². The van der Waals surface area contributed by atoms with Gasteiger partial charge in [-0.2, -0.15) is 0 Å². The van der Waals surface area contributed by atoms with Crippen LogP contribution >= 0.6 is 0 Å². The van der Waals surface area contributed by atoms with E-state index < -0.39 is 0 Å². The van der Waals surface area contributed by atoms with E-state index in [4.69, 9.17) is 4.74 Å². The lowest BCUT2D eigenvalue weighted by molar-refractivity contribution is -0.130. The zero-order valence-corrected chi connectivity index (χ0v) is 11.3. The highest BCUT2D eigenvalue weighted by Gasteiger charge is 2.41. The lowest BCUT2D eigenvalue weighted by atomic mass is 9.80. The number of hydrogen-bond acceptors (Lipinski definition) is 4. The smallest absolute Gasteiger partial charge is 0.244 e. The Bertz CT molecular complexity index is 455. The van der Waals surface area contributed by atoms with Crippen molar-refractivity contribution < 1.29 is 9.53 Å². The Morgan fingerprint density at radius 2 is 2.16 bits per heavy atom. The van der Waals surface area contributed by atoms with Gasteiger partial charge in [-0.3, -0.25) is 4.79 Å². The summed E-state index contributed by atoms with van der Waals surface area (Å²) in [6.45, 7) is 5.62. The van der Waals surface area contributed by atoms with E-state index in [9.17, 15) is 4.79 Å². The van der Waals surface area contributed by atoms with Crippen molar-refractivity contribution in [3.63, 3.8) is 0 Å². The number of carbonyl (C=O) groups excluding carboxylic acids is 1. The third kappa shape index (κ3) is 2.25. The largest absolute Gasteiger partial charge is 0.379 e. The number of carbonyl (C=O) groups is 1. The molecule has 0 saturated carbocycles. The van der Waals surface area contributed by atoms with Crippen LogP contribution in [0.5, 0.6) is 0 Å². The molecule has 0 unspecified atom stereocenters. The maximum absolute atomic E-state index is 12.0. The summed E-state index contributed by atoms with van der Waals surface area (Å²) in [5.41, 5.74) is 0.977. The zero-order chi connectivity index (χ0) is 13.3. The second-order valence-electron chi connectivity index (χ2n) is 5.52. The summed E-state index contributed by atoms with van der Waals surface area (Å²) < 4.78 is 6.96. The molecule has 0 spiro atoms. The molecular weight excluding hydrogens is 244 g/mol. The third-order valence-corrected chi connectivity index (χ3v) is 4.27. The first kappa shape index (κ1) is 12.6. The van der Waals surface area contributed by atoms with Gasteiger partial charge in [0, 0.05) is 19.3 Å². The van der Waals surface area contributed by atoms with Gasteiger partial charge in [-0.05, 0) is 19.3 Å². The second-order valence-corrected chi connectivity index (χ2v) is 5.52. The molecule has 0 bridgehead atoms. The Kier molecular flexibility index (Phi) is 3.26. The maximum atomic E-state index is 12.0. The summed E-state index contributed by atoms with van der Waals surface area (Å²) >= 11 is 0. The predicted molar refractivity (Wildman–Crippen MR) is 68.6 cm³/mol. The molecule has 1 aromatic heterocycles. The van der Waals surface area contributed by atoms with E-state index in [0.29, 0.717) is 19.8 Å². The first-order chi connectivity index (χ1) is 9.23. The second kappa shape index (κ2) is 4.92. The number of ether oxygens (including phenoxy) is 1. The van der Waals surface area contributed by atoms with Gasteiger partial charge in [-0.1, -0.05) is 12.1 Å². The highest BCUT2D eigenvalue weighted by molar-refractivity contribution is 5.76. The zero-order valence-electron chi connectivity index (χ0n) is 11.3. The minimum Gasteiger partial charge on any atom is -0.379 e. The summed E-state index contributed by atoms with van der Waals surface area (Å²) in [5.74, 6) is 0.143. The molecule has 0 aromatic carbocycles. The fraction of sp³-hybridized carbons (Fsp3) is 0.769. The molecule has 6 heteroatoms. The molecule has 6 nitrogen and oxygen atoms in total. The van der Waals surface area contributed by atoms with Crippen LogP contribution in [-0.2, 0) is 21.5 Å². The molecule has 0 radical (unpaired) electrons. The van der Waals surface area contributed by atoms with Crippen molar-refractivity contribution in [3.05, 3.63) is 11.9 Å². The van der Waals surface area contributed by atoms with Crippen LogP contribution in [-0.4, -0.2) is 52.1 Å². The van der Waals surface area contributed by atoms with Gasteiger partial charge in [0.15, 0.2) is 0 Å². The molecule has 19 heavy (non-hydrogen) atoms. The fourth-order valence-electron chi connectivity index (χ4n) is 2.71. The average Bonchev–Trinajstić information content (AvgIpc) is 2.99. The molecule has 1 aromatic rings. The molecule has 2 aliphatic rings. The van der Waals surface area contributed by atoms with Gasteiger partial charge in [-0.25, -0.2) is 4.68 Å². The molecule has 0 N–H and O–H groups in total. The first-order valence-electron chi connectivity index (χ1n) is 7.00. The first-order valence-corrected chi connectivity index (χ1v) is 7.00. The van der Waals surface area contributed by atoms with Crippen LogP contribution in [0.1, 0.15) is 31.9 Å². The number of hydrogen-bond donors (Lipinski definition) is 0. The van der Waals surface area contributed by atoms with E-state index in [0.717, 1.165) is 38.0 Å². The molecule has 2 aliphatic heterocycles. The van der Waals surface area contributed by atoms with Gasteiger partial charge >= 0.3 is 0 Å². The van der Waals surface area contributed by atoms with E-state index in [1.54, 1.807) is 4.68 Å². The lowest BCUT2D eigenvalue weighted by Crippen LogP contribution is -2.46. The monoisotopic (exact) mass is 264 g/mol. The highest BCUT2D eigenvalue weighted by Crippen LogP contribution is 2.33. The van der Waals surface area contributed by atoms with E-state index in [2.05, 4.69) is 17.2 Å². The van der Waals surface area contributed by atoms with Gasteiger partial charge in [0.2, 0.25) is 5.91 Å². The summed E-state index contributed by atoms with van der Waals surface area (Å²) in [5, 5.41) is 8.31. The van der Waals surface area contributed by atoms with Crippen molar-refractivity contribution in [3.8, 4) is 0 Å². The van der Waals surface area contributed by atoms with Crippen molar-refractivity contribution in [2.45, 2.75) is 38.1 Å². The van der Waals surface area contributed by atoms with Crippen molar-refractivity contribution in [2.75, 3.05) is 26.3 Å². The number of aromatic nitrogens is 3. The molecule has 2 fully saturated rings. The van der Waals surface area contributed by atoms with Crippen LogP contribution in [0.3, 0.4) is 0 Å². The number of amides is 1. The van der Waals surface area contributed by atoms with Crippen LogP contribution in [0.2, 0.25) is 0 Å². The number of rotatable bonds is 4. The molecule has 0 aliphatic carbocycles. The summed E-state index contributed by atoms with van der Waals surface area (Å²) in [6.07, 6.45) is 5.13.